The van der Waals surface area contributed by atoms with Crippen LogP contribution in [0, 0.1) is 0 Å². The molecule has 1 aliphatic rings. The van der Waals surface area contributed by atoms with E-state index in [1.54, 1.807) is 12.1 Å². The van der Waals surface area contributed by atoms with Crippen LogP contribution in [0.15, 0.2) is 42.5 Å². The third-order valence-corrected chi connectivity index (χ3v) is 3.89. The Balaban J connectivity index is 1.92. The minimum atomic E-state index is 0.279. The number of aromatic hydroxyl groups is 1. The molecule has 0 saturated heterocycles. The van der Waals surface area contributed by atoms with E-state index in [1.807, 2.05) is 12.1 Å². The highest BCUT2D eigenvalue weighted by Crippen LogP contribution is 2.44. The lowest BCUT2D eigenvalue weighted by Crippen LogP contribution is -1.91. The van der Waals surface area contributed by atoms with Crippen LogP contribution in [0.4, 0.5) is 0 Å². The summed E-state index contributed by atoms with van der Waals surface area (Å²) in [6, 6.07) is 14.0. The summed E-state index contributed by atoms with van der Waals surface area (Å²) in [5.74, 6) is 2.18. The average molecular weight is 294 g/mol. The van der Waals surface area contributed by atoms with E-state index >= 15 is 0 Å². The molecule has 0 radical (unpaired) electrons. The van der Waals surface area contributed by atoms with Crippen molar-refractivity contribution in [1.29, 1.82) is 0 Å². The predicted molar refractivity (Wildman–Crippen MR) is 90.4 cm³/mol. The fourth-order valence-electron chi connectivity index (χ4n) is 2.83. The van der Waals surface area contributed by atoms with Gasteiger partial charge in [0.05, 0.1) is 0 Å². The van der Waals surface area contributed by atoms with Crippen molar-refractivity contribution < 1.29 is 9.84 Å². The van der Waals surface area contributed by atoms with E-state index in [0.717, 1.165) is 42.8 Å². The second kappa shape index (κ2) is 6.27. The van der Waals surface area contributed by atoms with Crippen molar-refractivity contribution in [2.24, 2.45) is 0 Å². The Morgan fingerprint density at radius 1 is 0.773 bits per heavy atom. The van der Waals surface area contributed by atoms with Crippen LogP contribution >= 0.6 is 0 Å². The van der Waals surface area contributed by atoms with Crippen LogP contribution < -0.4 is 0 Å². The normalized spacial score (nSPS) is 13.2. The van der Waals surface area contributed by atoms with Gasteiger partial charge in [0.2, 0.25) is 0 Å². The van der Waals surface area contributed by atoms with Crippen LogP contribution in [-0.4, -0.2) is 5.11 Å². The van der Waals surface area contributed by atoms with Crippen molar-refractivity contribution in [3.8, 4) is 5.75 Å². The number of hydrogen-bond donors (Lipinski definition) is 1. The molecule has 2 heteroatoms. The summed E-state index contributed by atoms with van der Waals surface area (Å²) >= 11 is 0. The zero-order valence-corrected chi connectivity index (χ0v) is 13.2. The maximum atomic E-state index is 9.38. The molecule has 0 bridgehead atoms. The highest BCUT2D eigenvalue weighted by molar-refractivity contribution is 5.97. The van der Waals surface area contributed by atoms with Gasteiger partial charge in [-0.3, -0.25) is 0 Å². The second-order valence-corrected chi connectivity index (χ2v) is 5.85. The van der Waals surface area contributed by atoms with E-state index in [2.05, 4.69) is 32.0 Å². The van der Waals surface area contributed by atoms with Gasteiger partial charge in [-0.05, 0) is 60.4 Å². The molecule has 0 amide bonds. The highest BCUT2D eigenvalue weighted by atomic mass is 16.6. The van der Waals surface area contributed by atoms with Crippen LogP contribution in [0.1, 0.15) is 48.9 Å². The molecule has 1 heterocycles. The molecule has 1 N–H and O–H groups in total. The lowest BCUT2D eigenvalue weighted by Gasteiger charge is -2.06. The van der Waals surface area contributed by atoms with Gasteiger partial charge in [0.15, 0.2) is 11.5 Å². The fourth-order valence-corrected chi connectivity index (χ4v) is 2.83. The maximum absolute atomic E-state index is 9.38. The summed E-state index contributed by atoms with van der Waals surface area (Å²) in [5.41, 5.74) is 4.97. The van der Waals surface area contributed by atoms with Crippen molar-refractivity contribution in [1.82, 2.24) is 0 Å². The summed E-state index contributed by atoms with van der Waals surface area (Å²) < 4.78 is 5.75. The monoisotopic (exact) mass is 294 g/mol. The van der Waals surface area contributed by atoms with Gasteiger partial charge in [0.1, 0.15) is 5.75 Å². The summed E-state index contributed by atoms with van der Waals surface area (Å²) in [7, 11) is 0. The standard InChI is InChI=1S/C20H22O2/c1-3-5-14-11-15(6-4-2)13-17(12-14)20-19(22-20)16-7-9-18(21)10-8-16/h7-13,21H,3-6H2,1-2H3. The van der Waals surface area contributed by atoms with Crippen LogP contribution in [0.3, 0.4) is 0 Å². The summed E-state index contributed by atoms with van der Waals surface area (Å²) in [6.45, 7) is 4.42. The van der Waals surface area contributed by atoms with Gasteiger partial charge in [-0.1, -0.05) is 32.8 Å². The van der Waals surface area contributed by atoms with E-state index in [1.165, 1.54) is 16.7 Å². The molecular formula is C20H22O2. The molecule has 0 atom stereocenters. The Labute approximate surface area is 132 Å². The first-order valence-electron chi connectivity index (χ1n) is 8.06. The van der Waals surface area contributed by atoms with Crippen LogP contribution in [0.25, 0.3) is 11.5 Å². The van der Waals surface area contributed by atoms with Crippen LogP contribution in [0.5, 0.6) is 5.75 Å². The molecule has 1 aliphatic heterocycles. The Morgan fingerprint density at radius 2 is 1.32 bits per heavy atom. The van der Waals surface area contributed by atoms with Crippen molar-refractivity contribution in [3.05, 3.63) is 64.7 Å². The minimum Gasteiger partial charge on any atom is -0.508 e. The molecule has 0 unspecified atom stereocenters. The van der Waals surface area contributed by atoms with Gasteiger partial charge < -0.3 is 9.84 Å². The smallest absolute Gasteiger partial charge is 0.178 e. The number of phenolic OH excluding ortho intramolecular Hbond substituents is 1. The number of ether oxygens (including phenoxy) is 1. The maximum Gasteiger partial charge on any atom is 0.178 e. The van der Waals surface area contributed by atoms with E-state index in [0.29, 0.717) is 0 Å². The first-order chi connectivity index (χ1) is 10.7. The zero-order chi connectivity index (χ0) is 15.5. The third kappa shape index (κ3) is 3.16. The predicted octanol–water partition coefficient (Wildman–Crippen LogP) is 5.15. The minimum absolute atomic E-state index is 0.279. The molecule has 22 heavy (non-hydrogen) atoms. The Kier molecular flexibility index (Phi) is 4.19. The van der Waals surface area contributed by atoms with Crippen LogP contribution in [0.2, 0.25) is 0 Å². The summed E-state index contributed by atoms with van der Waals surface area (Å²) in [4.78, 5) is 0. The van der Waals surface area contributed by atoms with Crippen LogP contribution in [-0.2, 0) is 17.6 Å². The second-order valence-electron chi connectivity index (χ2n) is 5.85. The quantitative estimate of drug-likeness (QED) is 0.798. The highest BCUT2D eigenvalue weighted by Gasteiger charge is 2.28. The number of benzene rings is 2. The molecule has 2 nitrogen and oxygen atoms in total. The molecule has 0 spiro atoms. The van der Waals surface area contributed by atoms with E-state index in [9.17, 15) is 5.11 Å². The Hall–Kier alpha value is -2.22. The van der Waals surface area contributed by atoms with E-state index < -0.39 is 0 Å². The molecule has 0 fully saturated rings. The molecule has 114 valence electrons. The van der Waals surface area contributed by atoms with E-state index in [-0.39, 0.29) is 5.75 Å². The van der Waals surface area contributed by atoms with Gasteiger partial charge in [-0.2, -0.15) is 0 Å². The van der Waals surface area contributed by atoms with Crippen molar-refractivity contribution in [2.45, 2.75) is 39.5 Å². The number of hydrogen-bond acceptors (Lipinski definition) is 2. The van der Waals surface area contributed by atoms with Crippen molar-refractivity contribution in [3.63, 3.8) is 0 Å². The van der Waals surface area contributed by atoms with Crippen molar-refractivity contribution in [2.75, 3.05) is 0 Å². The van der Waals surface area contributed by atoms with Gasteiger partial charge in [0.25, 0.3) is 0 Å². The Bertz CT molecular complexity index is 672. The molecule has 3 rings (SSSR count). The lowest BCUT2D eigenvalue weighted by molar-refractivity contribution is 0.475. The third-order valence-electron chi connectivity index (χ3n) is 3.89. The summed E-state index contributed by atoms with van der Waals surface area (Å²) in [6.07, 6.45) is 4.51. The largest absolute Gasteiger partial charge is 0.508 e. The van der Waals surface area contributed by atoms with Crippen molar-refractivity contribution >= 4 is 11.5 Å². The fraction of sp³-hybridized carbons (Fsp3) is 0.300. The number of aryl methyl sites for hydroxylation is 2. The SMILES string of the molecule is CCCc1cc(CCC)cc(C2=C(c3ccc(O)cc3)O2)c1. The molecule has 0 saturated carbocycles. The lowest BCUT2D eigenvalue weighted by atomic mass is 9.99. The topological polar surface area (TPSA) is 32.8 Å². The molecule has 0 aliphatic carbocycles. The van der Waals surface area contributed by atoms with E-state index in [4.69, 9.17) is 4.74 Å². The van der Waals surface area contributed by atoms with Gasteiger partial charge in [-0.25, -0.2) is 0 Å². The number of rotatable bonds is 6. The van der Waals surface area contributed by atoms with Gasteiger partial charge in [0, 0.05) is 11.1 Å². The number of phenols is 1. The first kappa shape index (κ1) is 14.7. The molecule has 2 aromatic rings. The zero-order valence-electron chi connectivity index (χ0n) is 13.2. The molecule has 2 aromatic carbocycles. The van der Waals surface area contributed by atoms with Gasteiger partial charge in [-0.15, -0.1) is 0 Å². The Morgan fingerprint density at radius 3 is 1.86 bits per heavy atom. The summed E-state index contributed by atoms with van der Waals surface area (Å²) in [5, 5.41) is 9.38. The molecule has 0 aromatic heterocycles. The first-order valence-corrected chi connectivity index (χ1v) is 8.06. The average Bonchev–Trinajstić information content (AvgIpc) is 3.29. The molecular weight excluding hydrogens is 272 g/mol. The van der Waals surface area contributed by atoms with Gasteiger partial charge >= 0.3 is 0 Å².